The summed E-state index contributed by atoms with van der Waals surface area (Å²) < 4.78 is 5.92. The number of aliphatic hydroxyl groups is 1. The monoisotopic (exact) mass is 367 g/mol. The van der Waals surface area contributed by atoms with Gasteiger partial charge in [-0.3, -0.25) is 5.10 Å². The van der Waals surface area contributed by atoms with E-state index >= 15 is 0 Å². The molecule has 136 valence electrons. The highest BCUT2D eigenvalue weighted by Gasteiger charge is 2.37. The molecule has 0 unspecified atom stereocenters. The predicted octanol–water partition coefficient (Wildman–Crippen LogP) is -1.67. The summed E-state index contributed by atoms with van der Waals surface area (Å²) in [5.41, 5.74) is 12.7. The Kier molecular flexibility index (Phi) is 5.37. The molecule has 25 heavy (non-hydrogen) atoms. The van der Waals surface area contributed by atoms with Gasteiger partial charge in [-0.15, -0.1) is 0 Å². The minimum atomic E-state index is -1.25. The van der Waals surface area contributed by atoms with E-state index in [-0.39, 0.29) is 11.9 Å². The number of nitrogens with two attached hydrogens (primary N) is 2. The summed E-state index contributed by atoms with van der Waals surface area (Å²) in [5, 5.41) is 27.8. The summed E-state index contributed by atoms with van der Waals surface area (Å²) >= 11 is 1.52. The highest BCUT2D eigenvalue weighted by Crippen LogP contribution is 2.36. The number of hydrogen-bond acceptors (Lipinski definition) is 10. The van der Waals surface area contributed by atoms with Crippen LogP contribution in [-0.2, 0) is 9.53 Å². The van der Waals surface area contributed by atoms with Crippen LogP contribution in [-0.4, -0.2) is 61.0 Å². The molecule has 0 radical (unpaired) electrons. The van der Waals surface area contributed by atoms with E-state index in [0.29, 0.717) is 41.1 Å². The average molecular weight is 367 g/mol. The lowest BCUT2D eigenvalue weighted by Crippen LogP contribution is -2.42. The molecule has 0 spiro atoms. The average Bonchev–Trinajstić information content (AvgIpc) is 3.15. The molecule has 0 bridgehead atoms. The molecule has 6 N–H and O–H groups in total. The van der Waals surface area contributed by atoms with Crippen LogP contribution in [0.25, 0.3) is 11.0 Å². The standard InChI is InChI=1S/C14H20N6O4S/c15-7(14(22)23)1-2-25-4-6-3-8(21)12(24-6)10-9-11(20-19-10)13(16)18-5-17-9/h5-8,12,21H,1-4,15H2,(H,19,20)(H,22,23)(H2,16,17,18)/p-1/t6-,7-,8+,12+/m0/s1. The number of aromatic nitrogens is 4. The SMILES string of the molecule is Nc1ncnc2c([C@@H]3O[C@H](CSCC[C@H](N)C(=O)[O-])C[C@H]3O)[nH]nc12. The summed E-state index contributed by atoms with van der Waals surface area (Å²) in [6.07, 6.45) is 0.692. The molecule has 0 aliphatic carbocycles. The van der Waals surface area contributed by atoms with Crippen molar-refractivity contribution < 1.29 is 19.7 Å². The fourth-order valence-corrected chi connectivity index (χ4v) is 3.79. The van der Waals surface area contributed by atoms with E-state index < -0.39 is 24.2 Å². The molecule has 1 fully saturated rings. The third-order valence-corrected chi connectivity index (χ3v) is 5.18. The van der Waals surface area contributed by atoms with Crippen LogP contribution in [0, 0.1) is 0 Å². The minimum absolute atomic E-state index is 0.165. The molecule has 1 aliphatic rings. The Labute approximate surface area is 147 Å². The molecule has 4 atom stereocenters. The van der Waals surface area contributed by atoms with E-state index in [1.807, 2.05) is 0 Å². The van der Waals surface area contributed by atoms with Gasteiger partial charge >= 0.3 is 0 Å². The van der Waals surface area contributed by atoms with Crippen molar-refractivity contribution >= 4 is 34.6 Å². The number of hydrogen-bond donors (Lipinski definition) is 4. The molecule has 10 nitrogen and oxygen atoms in total. The molecule has 1 saturated heterocycles. The lowest BCUT2D eigenvalue weighted by molar-refractivity contribution is -0.307. The van der Waals surface area contributed by atoms with Crippen molar-refractivity contribution in [1.29, 1.82) is 0 Å². The largest absolute Gasteiger partial charge is 0.548 e. The van der Waals surface area contributed by atoms with Gasteiger partial charge in [0.05, 0.1) is 23.9 Å². The first-order valence-electron chi connectivity index (χ1n) is 7.79. The zero-order valence-electron chi connectivity index (χ0n) is 13.3. The van der Waals surface area contributed by atoms with Gasteiger partial charge in [0, 0.05) is 18.2 Å². The summed E-state index contributed by atoms with van der Waals surface area (Å²) in [6, 6.07) is -0.961. The number of carboxylic acid groups (broad SMARTS) is 1. The number of ether oxygens (including phenoxy) is 1. The van der Waals surface area contributed by atoms with E-state index in [2.05, 4.69) is 20.2 Å². The number of nitrogen functional groups attached to an aromatic ring is 1. The van der Waals surface area contributed by atoms with Crippen molar-refractivity contribution in [2.24, 2.45) is 5.73 Å². The quantitative estimate of drug-likeness (QED) is 0.414. The van der Waals surface area contributed by atoms with Crippen LogP contribution in [0.15, 0.2) is 6.33 Å². The van der Waals surface area contributed by atoms with Gasteiger partial charge in [0.2, 0.25) is 0 Å². The van der Waals surface area contributed by atoms with Gasteiger partial charge in [0.25, 0.3) is 0 Å². The summed E-state index contributed by atoms with van der Waals surface area (Å²) in [6.45, 7) is 0. The molecule has 2 aromatic rings. The molecule has 3 heterocycles. The van der Waals surface area contributed by atoms with E-state index in [1.165, 1.54) is 18.1 Å². The third kappa shape index (κ3) is 3.84. The number of carbonyl (C=O) groups excluding carboxylic acids is 1. The van der Waals surface area contributed by atoms with Crippen LogP contribution >= 0.6 is 11.8 Å². The Morgan fingerprint density at radius 3 is 3.08 bits per heavy atom. The molecule has 1 aliphatic heterocycles. The number of carbonyl (C=O) groups is 1. The summed E-state index contributed by atoms with van der Waals surface area (Å²) in [5.74, 6) is 0.209. The topological polar surface area (TPSA) is 176 Å². The van der Waals surface area contributed by atoms with E-state index in [0.717, 1.165) is 0 Å². The summed E-state index contributed by atoms with van der Waals surface area (Å²) in [4.78, 5) is 18.6. The van der Waals surface area contributed by atoms with E-state index in [1.54, 1.807) is 0 Å². The van der Waals surface area contributed by atoms with Crippen molar-refractivity contribution in [3.05, 3.63) is 12.0 Å². The first-order chi connectivity index (χ1) is 12.0. The Bertz CT molecular complexity index is 756. The number of rotatable bonds is 7. The molecule has 3 rings (SSSR count). The molecule has 0 amide bonds. The van der Waals surface area contributed by atoms with Gasteiger partial charge in [0.1, 0.15) is 17.9 Å². The lowest BCUT2D eigenvalue weighted by atomic mass is 10.1. The van der Waals surface area contributed by atoms with Crippen molar-refractivity contribution in [2.45, 2.75) is 37.2 Å². The first kappa shape index (κ1) is 17.9. The molecule has 0 aromatic carbocycles. The maximum absolute atomic E-state index is 10.6. The van der Waals surface area contributed by atoms with Crippen LogP contribution in [0.1, 0.15) is 24.6 Å². The Balaban J connectivity index is 1.58. The number of aromatic amines is 1. The number of aliphatic carboxylic acids is 1. The van der Waals surface area contributed by atoms with Crippen LogP contribution in [0.4, 0.5) is 5.82 Å². The van der Waals surface area contributed by atoms with Crippen molar-refractivity contribution in [3.63, 3.8) is 0 Å². The Hall–Kier alpha value is -1.95. The van der Waals surface area contributed by atoms with Gasteiger partial charge in [-0.1, -0.05) is 0 Å². The van der Waals surface area contributed by atoms with Gasteiger partial charge in [-0.25, -0.2) is 9.97 Å². The van der Waals surface area contributed by atoms with Gasteiger partial charge < -0.3 is 31.2 Å². The Morgan fingerprint density at radius 2 is 2.32 bits per heavy atom. The number of thioether (sulfide) groups is 1. The lowest BCUT2D eigenvalue weighted by Gasteiger charge is -2.14. The van der Waals surface area contributed by atoms with Crippen LogP contribution < -0.4 is 16.6 Å². The normalized spacial score (nSPS) is 24.6. The highest BCUT2D eigenvalue weighted by atomic mass is 32.2. The van der Waals surface area contributed by atoms with E-state index in [9.17, 15) is 15.0 Å². The molecular formula is C14H19N6O4S-. The van der Waals surface area contributed by atoms with Gasteiger partial charge in [-0.05, 0) is 12.2 Å². The maximum atomic E-state index is 10.6. The van der Waals surface area contributed by atoms with Gasteiger partial charge in [-0.2, -0.15) is 16.9 Å². The number of carboxylic acids is 1. The second-order valence-corrected chi connectivity index (χ2v) is 7.01. The third-order valence-electron chi connectivity index (χ3n) is 4.05. The number of nitrogens with one attached hydrogen (secondary N) is 1. The van der Waals surface area contributed by atoms with Crippen LogP contribution in [0.3, 0.4) is 0 Å². The number of fused-ring (bicyclic) bond motifs is 1. The fraction of sp³-hybridized carbons (Fsp3) is 0.571. The molecule has 0 saturated carbocycles. The molecule has 11 heteroatoms. The molecule has 2 aromatic heterocycles. The zero-order valence-corrected chi connectivity index (χ0v) is 14.1. The number of nitrogens with zero attached hydrogens (tertiary/aromatic N) is 3. The second kappa shape index (κ2) is 7.52. The number of H-pyrrole nitrogens is 1. The minimum Gasteiger partial charge on any atom is -0.548 e. The van der Waals surface area contributed by atoms with Gasteiger partial charge in [0.15, 0.2) is 11.3 Å². The highest BCUT2D eigenvalue weighted by molar-refractivity contribution is 7.99. The first-order valence-corrected chi connectivity index (χ1v) is 8.95. The van der Waals surface area contributed by atoms with Crippen molar-refractivity contribution in [3.8, 4) is 0 Å². The van der Waals surface area contributed by atoms with Crippen LogP contribution in [0.5, 0.6) is 0 Å². The Morgan fingerprint density at radius 1 is 1.52 bits per heavy atom. The maximum Gasteiger partial charge on any atom is 0.155 e. The summed E-state index contributed by atoms with van der Waals surface area (Å²) in [7, 11) is 0. The fourth-order valence-electron chi connectivity index (χ4n) is 2.72. The van der Waals surface area contributed by atoms with Crippen LogP contribution in [0.2, 0.25) is 0 Å². The van der Waals surface area contributed by atoms with E-state index in [4.69, 9.17) is 16.2 Å². The smallest absolute Gasteiger partial charge is 0.155 e. The van der Waals surface area contributed by atoms with Crippen molar-refractivity contribution in [1.82, 2.24) is 20.2 Å². The van der Waals surface area contributed by atoms with Crippen molar-refractivity contribution in [2.75, 3.05) is 17.2 Å². The predicted molar refractivity (Wildman–Crippen MR) is 89.3 cm³/mol. The zero-order chi connectivity index (χ0) is 18.0. The number of anilines is 1. The molecular weight excluding hydrogens is 348 g/mol. The second-order valence-electron chi connectivity index (χ2n) is 5.86. The number of aliphatic hydroxyl groups excluding tert-OH is 1.